The number of hydrogen-bond donors (Lipinski definition) is 4. The van der Waals surface area contributed by atoms with Gasteiger partial charge in [-0.15, -0.1) is 0 Å². The van der Waals surface area contributed by atoms with E-state index in [-0.39, 0.29) is 53.9 Å². The highest BCUT2D eigenvalue weighted by atomic mass is 16.5. The van der Waals surface area contributed by atoms with Crippen LogP contribution in [0, 0.1) is 23.7 Å². The van der Waals surface area contributed by atoms with Crippen LogP contribution in [-0.2, 0) is 40.0 Å². The van der Waals surface area contributed by atoms with Crippen LogP contribution < -0.4 is 10.6 Å². The molecule has 12 nitrogen and oxygen atoms in total. The van der Waals surface area contributed by atoms with Crippen LogP contribution in [0.1, 0.15) is 138 Å². The summed E-state index contributed by atoms with van der Waals surface area (Å²) < 4.78 is 4.94. The fourth-order valence-electron chi connectivity index (χ4n) is 13.6. The summed E-state index contributed by atoms with van der Waals surface area (Å²) in [6, 6.07) is 26.6. The number of methoxy groups -OCH3 is 1. The number of carbonyl (C=O) groups excluding carboxylic acids is 3. The second-order valence-corrected chi connectivity index (χ2v) is 22.3. The van der Waals surface area contributed by atoms with Gasteiger partial charge in [-0.25, -0.2) is 14.8 Å². The van der Waals surface area contributed by atoms with Crippen molar-refractivity contribution < 1.29 is 19.1 Å². The minimum absolute atomic E-state index is 0.0494. The lowest BCUT2D eigenvalue weighted by Crippen LogP contribution is -2.53. The molecule has 4 bridgehead atoms. The van der Waals surface area contributed by atoms with E-state index >= 15 is 0 Å². The van der Waals surface area contributed by atoms with Gasteiger partial charge in [-0.1, -0.05) is 102 Å². The Bertz CT molecular complexity index is 2970. The number of alkyl carbamates (subject to hydrolysis) is 1. The van der Waals surface area contributed by atoms with Gasteiger partial charge in [0.2, 0.25) is 11.8 Å². The number of hydrogen-bond acceptors (Lipinski definition) is 7. The largest absolute Gasteiger partial charge is 0.453 e. The van der Waals surface area contributed by atoms with E-state index in [1.54, 1.807) is 0 Å². The molecule has 8 atom stereocenters. The number of rotatable bonds is 10. The Labute approximate surface area is 418 Å². The van der Waals surface area contributed by atoms with Crippen molar-refractivity contribution in [2.24, 2.45) is 23.7 Å². The molecule has 4 heterocycles. The first-order valence-electron chi connectivity index (χ1n) is 26.9. The molecule has 0 radical (unpaired) electrons. The van der Waals surface area contributed by atoms with Gasteiger partial charge in [-0.3, -0.25) is 9.59 Å². The zero-order valence-corrected chi connectivity index (χ0v) is 42.5. The second-order valence-electron chi connectivity index (χ2n) is 22.3. The molecule has 2 aliphatic heterocycles. The number of ether oxygens (including phenoxy) is 1. The van der Waals surface area contributed by atoms with Gasteiger partial charge in [0.05, 0.1) is 47.3 Å². The standard InChI is InChI=1S/C59H72N8O4/c1-33(2)53(60-5)57(68)66-49-13-9-7-11-41(49)31-51(66)55-61-45-25-23-39(29-47(45)63-55)43-27-35-15-19-37(43)20-16-36-18-22-38(21-17-35)44(28-36)40-24-26-46-48(30-40)64-56(62-46)52-32-42-12-8-10-14-50(42)67(52)58(69)54(34(3)4)65-59(70)71-6/h15,18-19,22-30,33-34,41-42,49-54,60H,7-14,16-17,20-21,31-32H2,1-6H3,(H,61,63)(H,62,64)(H,65,70). The van der Waals surface area contributed by atoms with Crippen LogP contribution in [0.2, 0.25) is 0 Å². The lowest BCUT2D eigenvalue weighted by molar-refractivity contribution is -0.139. The van der Waals surface area contributed by atoms with E-state index in [2.05, 4.69) is 117 Å². The molecule has 4 aromatic carbocycles. The summed E-state index contributed by atoms with van der Waals surface area (Å²) in [5, 5.41) is 6.18. The van der Waals surface area contributed by atoms with Crippen molar-refractivity contribution in [3.8, 4) is 22.3 Å². The van der Waals surface area contributed by atoms with E-state index < -0.39 is 12.1 Å². The Morgan fingerprint density at radius 3 is 1.52 bits per heavy atom. The number of aromatic amines is 2. The SMILES string of the molecule is CNC(C(=O)N1C(c2nc3ccc(-c4cc5ccc4CCc4ccc(c(-c6ccc7nc(C8CC9CCCCC9N8C(=O)C(NC(=O)OC)C(C)C)[nH]c7c6)c4)CC5)cc3[nH]2)CC2CCCCC21)C(C)C. The van der Waals surface area contributed by atoms with Gasteiger partial charge in [-0.05, 0) is 164 Å². The van der Waals surface area contributed by atoms with E-state index in [1.807, 2.05) is 20.9 Å². The molecule has 3 amide bonds. The van der Waals surface area contributed by atoms with Crippen molar-refractivity contribution in [1.29, 1.82) is 0 Å². The molecule has 0 spiro atoms. The Morgan fingerprint density at radius 1 is 0.606 bits per heavy atom. The first-order chi connectivity index (χ1) is 34.5. The molecule has 71 heavy (non-hydrogen) atoms. The summed E-state index contributed by atoms with van der Waals surface area (Å²) in [4.78, 5) is 63.3. The van der Waals surface area contributed by atoms with E-state index in [9.17, 15) is 14.4 Å². The van der Waals surface area contributed by atoms with Crippen LogP contribution in [0.4, 0.5) is 4.79 Å². The lowest BCUT2D eigenvalue weighted by Gasteiger charge is -2.36. The van der Waals surface area contributed by atoms with Crippen LogP contribution in [0.3, 0.4) is 0 Å². The van der Waals surface area contributed by atoms with Gasteiger partial charge in [-0.2, -0.15) is 0 Å². The smallest absolute Gasteiger partial charge is 0.407 e. The number of aromatic nitrogens is 4. The third-order valence-electron chi connectivity index (χ3n) is 17.3. The average Bonchev–Trinajstić information content (AvgIpc) is 4.18. The van der Waals surface area contributed by atoms with Crippen molar-refractivity contribution in [1.82, 2.24) is 40.4 Å². The fraction of sp³-hybridized carbons (Fsp3) is 0.508. The van der Waals surface area contributed by atoms with Crippen LogP contribution in [-0.4, -0.2) is 86.0 Å². The molecule has 6 aromatic rings. The van der Waals surface area contributed by atoms with Gasteiger partial charge >= 0.3 is 6.09 Å². The quantitative estimate of drug-likeness (QED) is 0.107. The number of nitrogens with one attached hydrogen (secondary N) is 4. The second kappa shape index (κ2) is 19.5. The molecule has 4 N–H and O–H groups in total. The first kappa shape index (κ1) is 47.3. The number of imidazole rings is 2. The van der Waals surface area contributed by atoms with Crippen LogP contribution in [0.25, 0.3) is 44.3 Å². The molecule has 372 valence electrons. The number of benzene rings is 4. The summed E-state index contributed by atoms with van der Waals surface area (Å²) in [6.45, 7) is 8.20. The Kier molecular flexibility index (Phi) is 13.0. The molecule has 4 fully saturated rings. The minimum atomic E-state index is -0.684. The molecular weight excluding hydrogens is 885 g/mol. The highest BCUT2D eigenvalue weighted by Gasteiger charge is 2.49. The fourth-order valence-corrected chi connectivity index (χ4v) is 13.6. The van der Waals surface area contributed by atoms with E-state index in [0.29, 0.717) is 11.8 Å². The number of H-pyrrole nitrogens is 2. The highest BCUT2D eigenvalue weighted by molar-refractivity contribution is 5.88. The number of aryl methyl sites for hydroxylation is 4. The molecule has 2 saturated heterocycles. The average molecular weight is 957 g/mol. The topological polar surface area (TPSA) is 148 Å². The molecule has 8 aliphatic rings. The molecule has 2 saturated carbocycles. The number of nitrogens with zero attached hydrogens (tertiary/aromatic N) is 4. The Hall–Kier alpha value is -6.01. The normalized spacial score (nSPS) is 24.0. The zero-order valence-electron chi connectivity index (χ0n) is 42.5. The third kappa shape index (κ3) is 8.92. The number of amides is 3. The van der Waals surface area contributed by atoms with Gasteiger partial charge in [0.25, 0.3) is 0 Å². The summed E-state index contributed by atoms with van der Waals surface area (Å²) in [5.41, 5.74) is 13.9. The number of likely N-dealkylation sites (tertiary alicyclic amines) is 2. The maximum atomic E-state index is 14.5. The molecule has 6 aliphatic carbocycles. The summed E-state index contributed by atoms with van der Waals surface area (Å²) in [6.07, 6.45) is 13.8. The minimum Gasteiger partial charge on any atom is -0.453 e. The number of fused-ring (bicyclic) bond motifs is 4. The first-order valence-corrected chi connectivity index (χ1v) is 26.9. The number of likely N-dealkylation sites (N-methyl/N-ethyl adjacent to an activating group) is 1. The molecule has 14 rings (SSSR count). The number of carbonyl (C=O) groups is 3. The predicted molar refractivity (Wildman–Crippen MR) is 280 cm³/mol. The van der Waals surface area contributed by atoms with Crippen molar-refractivity contribution in [3.05, 3.63) is 107 Å². The van der Waals surface area contributed by atoms with Crippen LogP contribution >= 0.6 is 0 Å². The van der Waals surface area contributed by atoms with Crippen molar-refractivity contribution in [2.45, 2.75) is 154 Å². The molecular formula is C59H72N8O4. The van der Waals surface area contributed by atoms with Crippen LogP contribution in [0.5, 0.6) is 0 Å². The zero-order chi connectivity index (χ0) is 49.1. The Morgan fingerprint density at radius 2 is 1.07 bits per heavy atom. The predicted octanol–water partition coefficient (Wildman–Crippen LogP) is 10.9. The molecule has 12 heteroatoms. The Balaban J connectivity index is 0.853. The van der Waals surface area contributed by atoms with E-state index in [0.717, 1.165) is 103 Å². The highest BCUT2D eigenvalue weighted by Crippen LogP contribution is 2.48. The van der Waals surface area contributed by atoms with E-state index in [1.165, 1.54) is 71.7 Å². The molecule has 8 unspecified atom stereocenters. The van der Waals surface area contributed by atoms with Crippen molar-refractivity contribution >= 4 is 40.0 Å². The van der Waals surface area contributed by atoms with Crippen molar-refractivity contribution in [3.63, 3.8) is 0 Å². The maximum Gasteiger partial charge on any atom is 0.407 e. The van der Waals surface area contributed by atoms with Gasteiger partial charge < -0.3 is 35.1 Å². The summed E-state index contributed by atoms with van der Waals surface area (Å²) >= 11 is 0. The summed E-state index contributed by atoms with van der Waals surface area (Å²) in [5.74, 6) is 2.90. The third-order valence-corrected chi connectivity index (χ3v) is 17.3. The summed E-state index contributed by atoms with van der Waals surface area (Å²) in [7, 11) is 3.25. The van der Waals surface area contributed by atoms with Crippen LogP contribution in [0.15, 0.2) is 72.8 Å². The van der Waals surface area contributed by atoms with Crippen molar-refractivity contribution in [2.75, 3.05) is 14.2 Å². The lowest BCUT2D eigenvalue weighted by atomic mass is 9.84. The van der Waals surface area contributed by atoms with Gasteiger partial charge in [0.15, 0.2) is 0 Å². The molecule has 2 aromatic heterocycles. The monoisotopic (exact) mass is 957 g/mol. The van der Waals surface area contributed by atoms with E-state index in [4.69, 9.17) is 14.7 Å². The maximum absolute atomic E-state index is 14.5. The van der Waals surface area contributed by atoms with Gasteiger partial charge in [0, 0.05) is 12.1 Å². The van der Waals surface area contributed by atoms with Gasteiger partial charge in [0.1, 0.15) is 17.7 Å².